The van der Waals surface area contributed by atoms with E-state index in [9.17, 15) is 22.4 Å². The number of amides is 2. The third-order valence-corrected chi connectivity index (χ3v) is 9.00. The first-order chi connectivity index (χ1) is 18.0. The van der Waals surface area contributed by atoms with Crippen molar-refractivity contribution in [3.05, 3.63) is 76.2 Å². The summed E-state index contributed by atoms with van der Waals surface area (Å²) < 4.78 is 46.8. The van der Waals surface area contributed by atoms with Gasteiger partial charge < -0.3 is 10.1 Å². The summed E-state index contributed by atoms with van der Waals surface area (Å²) >= 11 is 5.92. The summed E-state index contributed by atoms with van der Waals surface area (Å²) in [6.45, 7) is 4.86. The normalized spacial score (nSPS) is 21.4. The van der Waals surface area contributed by atoms with Gasteiger partial charge in [-0.25, -0.2) is 22.4 Å². The Morgan fingerprint density at radius 1 is 1.13 bits per heavy atom. The molecule has 0 aromatic heterocycles. The molecule has 0 bridgehead atoms. The molecule has 2 aromatic rings. The number of nitrogens with zero attached hydrogens (tertiary/aromatic N) is 3. The highest BCUT2D eigenvalue weighted by Crippen LogP contribution is 2.32. The molecule has 38 heavy (non-hydrogen) atoms. The molecular formula is C26H30ClFN4O5S. The van der Waals surface area contributed by atoms with Crippen molar-refractivity contribution in [3.8, 4) is 0 Å². The molecule has 2 aliphatic rings. The summed E-state index contributed by atoms with van der Waals surface area (Å²) in [5.41, 5.74) is 1.24. The van der Waals surface area contributed by atoms with E-state index in [-0.39, 0.29) is 36.2 Å². The van der Waals surface area contributed by atoms with Gasteiger partial charge in [-0.15, -0.1) is 0 Å². The number of rotatable bonds is 7. The molecule has 1 N–H and O–H groups in total. The lowest BCUT2D eigenvalue weighted by molar-refractivity contribution is -0.139. The van der Waals surface area contributed by atoms with Gasteiger partial charge in [-0.05, 0) is 55.8 Å². The zero-order valence-corrected chi connectivity index (χ0v) is 22.9. The molecule has 2 heterocycles. The van der Waals surface area contributed by atoms with E-state index in [0.29, 0.717) is 29.4 Å². The lowest BCUT2D eigenvalue weighted by atomic mass is 9.94. The molecule has 0 spiro atoms. The van der Waals surface area contributed by atoms with Gasteiger partial charge in [0.05, 0.1) is 23.1 Å². The number of piperazine rings is 1. The minimum absolute atomic E-state index is 0.141. The van der Waals surface area contributed by atoms with Crippen LogP contribution in [0.2, 0.25) is 5.02 Å². The van der Waals surface area contributed by atoms with Crippen LogP contribution in [0.4, 0.5) is 9.18 Å². The predicted octanol–water partition coefficient (Wildman–Crippen LogP) is 3.39. The molecule has 1 saturated heterocycles. The zero-order valence-electron chi connectivity index (χ0n) is 21.4. The van der Waals surface area contributed by atoms with Gasteiger partial charge in [-0.3, -0.25) is 9.80 Å². The molecule has 4 rings (SSSR count). The number of urea groups is 1. The largest absolute Gasteiger partial charge is 0.463 e. The molecule has 0 aliphatic carbocycles. The van der Waals surface area contributed by atoms with E-state index < -0.39 is 33.9 Å². The van der Waals surface area contributed by atoms with Gasteiger partial charge >= 0.3 is 12.0 Å². The predicted molar refractivity (Wildman–Crippen MR) is 140 cm³/mol. The summed E-state index contributed by atoms with van der Waals surface area (Å²) in [7, 11) is -2.16. The first-order valence-electron chi connectivity index (χ1n) is 12.2. The summed E-state index contributed by atoms with van der Waals surface area (Å²) in [6.07, 6.45) is 0. The first kappa shape index (κ1) is 28.0. The van der Waals surface area contributed by atoms with E-state index in [2.05, 4.69) is 5.32 Å². The van der Waals surface area contributed by atoms with E-state index in [1.165, 1.54) is 45.6 Å². The maximum atomic E-state index is 13.6. The molecule has 2 amide bonds. The Hall–Kier alpha value is -2.99. The number of carbonyl (C=O) groups excluding carboxylic acids is 2. The zero-order chi connectivity index (χ0) is 27.6. The first-order valence-corrected chi connectivity index (χ1v) is 14.0. The molecular weight excluding hydrogens is 535 g/mol. The number of ether oxygens (including phenoxy) is 1. The van der Waals surface area contributed by atoms with Gasteiger partial charge in [-0.2, -0.15) is 4.31 Å². The second-order valence-corrected chi connectivity index (χ2v) is 11.6. The Balaban J connectivity index is 1.62. The van der Waals surface area contributed by atoms with Crippen molar-refractivity contribution in [2.24, 2.45) is 0 Å². The number of halogens is 2. The van der Waals surface area contributed by atoms with Crippen molar-refractivity contribution in [3.63, 3.8) is 0 Å². The Kier molecular flexibility index (Phi) is 8.41. The van der Waals surface area contributed by atoms with Gasteiger partial charge in [0.2, 0.25) is 10.0 Å². The SMILES string of the molecule is CCOC(=O)C1=C(CN2CCN(S(=O)(=O)c3ccc(Cl)cc3)[C@H](C)C2)N(C)C(=O)N[C@H]1c1ccc(F)cc1. The van der Waals surface area contributed by atoms with Crippen LogP contribution in [-0.4, -0.2) is 80.4 Å². The number of benzene rings is 2. The van der Waals surface area contributed by atoms with Crippen molar-refractivity contribution in [2.45, 2.75) is 30.8 Å². The van der Waals surface area contributed by atoms with Crippen molar-refractivity contribution in [1.82, 2.24) is 19.4 Å². The van der Waals surface area contributed by atoms with Crippen molar-refractivity contribution < 1.29 is 27.1 Å². The van der Waals surface area contributed by atoms with Crippen LogP contribution in [0, 0.1) is 5.82 Å². The van der Waals surface area contributed by atoms with Crippen molar-refractivity contribution in [1.29, 1.82) is 0 Å². The fourth-order valence-corrected chi connectivity index (χ4v) is 6.51. The van der Waals surface area contributed by atoms with E-state index in [1.54, 1.807) is 26.1 Å². The molecule has 9 nitrogen and oxygen atoms in total. The van der Waals surface area contributed by atoms with Crippen LogP contribution in [0.25, 0.3) is 0 Å². The highest BCUT2D eigenvalue weighted by Gasteiger charge is 2.39. The smallest absolute Gasteiger partial charge is 0.338 e. The number of nitrogens with one attached hydrogen (secondary N) is 1. The van der Waals surface area contributed by atoms with E-state index in [0.717, 1.165) is 0 Å². The van der Waals surface area contributed by atoms with E-state index in [4.69, 9.17) is 16.3 Å². The van der Waals surface area contributed by atoms with Crippen LogP contribution in [0.15, 0.2) is 64.7 Å². The van der Waals surface area contributed by atoms with E-state index >= 15 is 0 Å². The maximum Gasteiger partial charge on any atom is 0.338 e. The van der Waals surface area contributed by atoms with Gasteiger partial charge in [0.15, 0.2) is 0 Å². The van der Waals surface area contributed by atoms with Crippen LogP contribution in [0.3, 0.4) is 0 Å². The monoisotopic (exact) mass is 564 g/mol. The second-order valence-electron chi connectivity index (χ2n) is 9.23. The average molecular weight is 565 g/mol. The number of hydrogen-bond acceptors (Lipinski definition) is 6. The molecule has 204 valence electrons. The number of esters is 1. The Morgan fingerprint density at radius 3 is 2.39 bits per heavy atom. The second kappa shape index (κ2) is 11.4. The molecule has 2 aromatic carbocycles. The molecule has 12 heteroatoms. The minimum atomic E-state index is -3.73. The minimum Gasteiger partial charge on any atom is -0.463 e. The quantitative estimate of drug-likeness (QED) is 0.518. The van der Waals surface area contributed by atoms with Crippen LogP contribution in [0.5, 0.6) is 0 Å². The molecule has 0 saturated carbocycles. The molecule has 0 radical (unpaired) electrons. The Labute approximate surface area is 226 Å². The fraction of sp³-hybridized carbons (Fsp3) is 0.385. The standard InChI is InChI=1S/C26H30ClFN4O5S/c1-4-37-25(33)23-22(30(3)26(34)29-24(23)18-5-9-20(28)10-6-18)16-31-13-14-32(17(2)15-31)38(35,36)21-11-7-19(27)8-12-21/h5-12,17,24H,4,13-16H2,1-3H3,(H,29,34)/t17-,24+/m1/s1. The summed E-state index contributed by atoms with van der Waals surface area (Å²) in [6, 6.07) is 10.0. The van der Waals surface area contributed by atoms with Crippen molar-refractivity contribution in [2.75, 3.05) is 39.8 Å². The lowest BCUT2D eigenvalue weighted by Crippen LogP contribution is -2.56. The number of sulfonamides is 1. The molecule has 2 aliphatic heterocycles. The molecule has 2 atom stereocenters. The lowest BCUT2D eigenvalue weighted by Gasteiger charge is -2.41. The van der Waals surface area contributed by atoms with E-state index in [1.807, 2.05) is 11.8 Å². The fourth-order valence-electron chi connectivity index (χ4n) is 4.77. The van der Waals surface area contributed by atoms with Crippen LogP contribution < -0.4 is 5.32 Å². The number of hydrogen-bond donors (Lipinski definition) is 1. The molecule has 1 fully saturated rings. The highest BCUT2D eigenvalue weighted by molar-refractivity contribution is 7.89. The summed E-state index contributed by atoms with van der Waals surface area (Å²) in [5, 5.41) is 3.26. The van der Waals surface area contributed by atoms with Gasteiger partial charge in [0.1, 0.15) is 5.82 Å². The van der Waals surface area contributed by atoms with Gasteiger partial charge in [0.25, 0.3) is 0 Å². The number of carbonyl (C=O) groups is 2. The van der Waals surface area contributed by atoms with Crippen LogP contribution in [0.1, 0.15) is 25.5 Å². The summed E-state index contributed by atoms with van der Waals surface area (Å²) in [4.78, 5) is 29.6. The number of likely N-dealkylation sites (N-methyl/N-ethyl adjacent to an activating group) is 1. The van der Waals surface area contributed by atoms with Crippen LogP contribution >= 0.6 is 11.6 Å². The highest BCUT2D eigenvalue weighted by atomic mass is 35.5. The topological polar surface area (TPSA) is 99.3 Å². The summed E-state index contributed by atoms with van der Waals surface area (Å²) in [5.74, 6) is -1.02. The molecule has 0 unspecified atom stereocenters. The van der Waals surface area contributed by atoms with Gasteiger partial charge in [0, 0.05) is 50.0 Å². The third kappa shape index (κ3) is 5.70. The van der Waals surface area contributed by atoms with Crippen LogP contribution in [-0.2, 0) is 19.6 Å². The third-order valence-electron chi connectivity index (χ3n) is 6.72. The van der Waals surface area contributed by atoms with Gasteiger partial charge in [-0.1, -0.05) is 23.7 Å². The Bertz CT molecular complexity index is 1330. The van der Waals surface area contributed by atoms with Crippen molar-refractivity contribution >= 4 is 33.6 Å². The maximum absolute atomic E-state index is 13.6. The Morgan fingerprint density at radius 2 is 1.79 bits per heavy atom. The average Bonchev–Trinajstić information content (AvgIpc) is 2.87.